The molecule has 0 bridgehead atoms. The van der Waals surface area contributed by atoms with E-state index in [1.807, 2.05) is 6.92 Å². The molecule has 7 heteroatoms. The first kappa shape index (κ1) is 29.4. The number of benzene rings is 1. The molecule has 0 fully saturated rings. The third kappa shape index (κ3) is 9.32. The lowest BCUT2D eigenvalue weighted by Gasteiger charge is -2.14. The molecule has 0 radical (unpaired) electrons. The minimum Gasteiger partial charge on any atom is -0.506 e. The van der Waals surface area contributed by atoms with Crippen LogP contribution < -0.4 is 16.4 Å². The van der Waals surface area contributed by atoms with Crippen molar-refractivity contribution in [1.29, 1.82) is 0 Å². The standard InChI is InChI=1S/C29H45N3O4/c1-3-5-6-7-8-9-10-11-12-13-14-15-16-21-25(33)30-31-28(35)26-27(34)23-19-17-18-20-24(23)32(22-4-2)29(26)36/h17-20,34H,3-16,21-22H2,1-2H3,(H,30,33)(H,31,35). The van der Waals surface area contributed by atoms with E-state index in [1.165, 1.54) is 68.8 Å². The van der Waals surface area contributed by atoms with Gasteiger partial charge in [-0.1, -0.05) is 103 Å². The highest BCUT2D eigenvalue weighted by atomic mass is 16.3. The number of fused-ring (bicyclic) bond motifs is 1. The molecule has 0 saturated heterocycles. The van der Waals surface area contributed by atoms with Crippen molar-refractivity contribution < 1.29 is 14.7 Å². The highest BCUT2D eigenvalue weighted by molar-refractivity contribution is 6.02. The molecule has 0 unspecified atom stereocenters. The van der Waals surface area contributed by atoms with Crippen molar-refractivity contribution in [3.63, 3.8) is 0 Å². The van der Waals surface area contributed by atoms with Crippen molar-refractivity contribution in [2.45, 2.75) is 117 Å². The number of aromatic hydroxyl groups is 1. The lowest BCUT2D eigenvalue weighted by atomic mass is 10.0. The van der Waals surface area contributed by atoms with Gasteiger partial charge in [-0.3, -0.25) is 25.2 Å². The first-order chi connectivity index (χ1) is 17.5. The molecule has 0 aliphatic heterocycles. The summed E-state index contributed by atoms with van der Waals surface area (Å²) < 4.78 is 1.49. The van der Waals surface area contributed by atoms with E-state index in [0.29, 0.717) is 30.3 Å². The van der Waals surface area contributed by atoms with Crippen molar-refractivity contribution >= 4 is 22.7 Å². The molecule has 0 saturated carbocycles. The lowest BCUT2D eigenvalue weighted by Crippen LogP contribution is -2.44. The number of unbranched alkanes of at least 4 members (excludes halogenated alkanes) is 12. The van der Waals surface area contributed by atoms with Gasteiger partial charge in [-0.05, 0) is 25.0 Å². The van der Waals surface area contributed by atoms with Crippen LogP contribution in [-0.4, -0.2) is 21.5 Å². The van der Waals surface area contributed by atoms with Gasteiger partial charge in [0.15, 0.2) is 0 Å². The average Bonchev–Trinajstić information content (AvgIpc) is 2.88. The summed E-state index contributed by atoms with van der Waals surface area (Å²) in [6.45, 7) is 4.60. The van der Waals surface area contributed by atoms with Gasteiger partial charge in [0.25, 0.3) is 11.5 Å². The molecule has 0 atom stereocenters. The Labute approximate surface area is 215 Å². The van der Waals surface area contributed by atoms with Crippen LogP contribution in [0.15, 0.2) is 29.1 Å². The van der Waals surface area contributed by atoms with Gasteiger partial charge in [0.05, 0.1) is 5.52 Å². The van der Waals surface area contributed by atoms with Gasteiger partial charge < -0.3 is 9.67 Å². The minimum absolute atomic E-state index is 0.305. The number of hydrogen-bond acceptors (Lipinski definition) is 4. The van der Waals surface area contributed by atoms with E-state index in [1.54, 1.807) is 24.3 Å². The van der Waals surface area contributed by atoms with E-state index in [2.05, 4.69) is 17.8 Å². The van der Waals surface area contributed by atoms with E-state index < -0.39 is 11.5 Å². The van der Waals surface area contributed by atoms with Crippen molar-refractivity contribution in [2.75, 3.05) is 0 Å². The fourth-order valence-electron chi connectivity index (χ4n) is 4.59. The molecule has 0 aliphatic rings. The van der Waals surface area contributed by atoms with Crippen molar-refractivity contribution in [1.82, 2.24) is 15.4 Å². The third-order valence-electron chi connectivity index (χ3n) is 6.64. The average molecular weight is 500 g/mol. The van der Waals surface area contributed by atoms with Gasteiger partial charge in [0.1, 0.15) is 11.3 Å². The Kier molecular flexibility index (Phi) is 13.7. The van der Waals surface area contributed by atoms with E-state index in [-0.39, 0.29) is 17.2 Å². The second-order valence-electron chi connectivity index (χ2n) is 9.69. The summed E-state index contributed by atoms with van der Waals surface area (Å²) in [7, 11) is 0. The maximum atomic E-state index is 12.9. The molecule has 0 aliphatic carbocycles. The SMILES string of the molecule is CCCCCCCCCCCCCCCC(=O)NNC(=O)c1c(O)c2ccccc2n(CCC)c1=O. The number of hydrazine groups is 1. The number of aryl methyl sites for hydroxylation is 1. The maximum absolute atomic E-state index is 12.9. The van der Waals surface area contributed by atoms with Crippen LogP contribution >= 0.6 is 0 Å². The zero-order valence-corrected chi connectivity index (χ0v) is 22.2. The Balaban J connectivity index is 1.68. The quantitative estimate of drug-likeness (QED) is 0.174. The molecule has 1 aromatic carbocycles. The number of nitrogens with zero attached hydrogens (tertiary/aromatic N) is 1. The van der Waals surface area contributed by atoms with Crippen LogP contribution in [0, 0.1) is 0 Å². The van der Waals surface area contributed by atoms with E-state index >= 15 is 0 Å². The zero-order valence-electron chi connectivity index (χ0n) is 22.2. The number of pyridine rings is 1. The van der Waals surface area contributed by atoms with E-state index in [9.17, 15) is 19.5 Å². The number of amides is 2. The number of carbonyl (C=O) groups is 2. The van der Waals surface area contributed by atoms with E-state index in [0.717, 1.165) is 19.3 Å². The first-order valence-corrected chi connectivity index (χ1v) is 13.9. The molecular formula is C29H45N3O4. The number of para-hydroxylation sites is 1. The van der Waals surface area contributed by atoms with Crippen LogP contribution in [0.2, 0.25) is 0 Å². The number of aromatic nitrogens is 1. The van der Waals surface area contributed by atoms with Gasteiger partial charge in [-0.2, -0.15) is 0 Å². The van der Waals surface area contributed by atoms with Crippen LogP contribution in [0.3, 0.4) is 0 Å². The van der Waals surface area contributed by atoms with Gasteiger partial charge in [0.2, 0.25) is 5.91 Å². The monoisotopic (exact) mass is 499 g/mol. The second kappa shape index (κ2) is 16.8. The molecule has 2 amide bonds. The third-order valence-corrected chi connectivity index (χ3v) is 6.64. The number of rotatable bonds is 17. The number of nitrogens with one attached hydrogen (secondary N) is 2. The van der Waals surface area contributed by atoms with Gasteiger partial charge in [0, 0.05) is 18.4 Å². The molecule has 2 aromatic rings. The van der Waals surface area contributed by atoms with Crippen LogP contribution in [0.4, 0.5) is 0 Å². The summed E-state index contributed by atoms with van der Waals surface area (Å²) >= 11 is 0. The lowest BCUT2D eigenvalue weighted by molar-refractivity contribution is -0.122. The highest BCUT2D eigenvalue weighted by Gasteiger charge is 2.22. The maximum Gasteiger partial charge on any atom is 0.279 e. The van der Waals surface area contributed by atoms with Gasteiger partial charge in [-0.15, -0.1) is 0 Å². The summed E-state index contributed by atoms with van der Waals surface area (Å²) in [5.41, 5.74) is 4.32. The van der Waals surface area contributed by atoms with Crippen molar-refractivity contribution in [3.8, 4) is 5.75 Å². The number of carbonyl (C=O) groups excluding carboxylic acids is 2. The summed E-state index contributed by atoms with van der Waals surface area (Å²) in [5.74, 6) is -1.49. The van der Waals surface area contributed by atoms with Crippen LogP contribution in [0.25, 0.3) is 10.9 Å². The largest absolute Gasteiger partial charge is 0.506 e. The van der Waals surface area contributed by atoms with Crippen LogP contribution in [0.5, 0.6) is 5.75 Å². The molecule has 200 valence electrons. The second-order valence-corrected chi connectivity index (χ2v) is 9.69. The minimum atomic E-state index is -0.813. The molecule has 0 spiro atoms. The van der Waals surface area contributed by atoms with Gasteiger partial charge >= 0.3 is 0 Å². The molecule has 36 heavy (non-hydrogen) atoms. The molecule has 2 rings (SSSR count). The Morgan fingerprint density at radius 1 is 0.778 bits per heavy atom. The molecule has 1 heterocycles. The topological polar surface area (TPSA) is 100 Å². The molecular weight excluding hydrogens is 454 g/mol. The fraction of sp³-hybridized carbons (Fsp3) is 0.621. The Hall–Kier alpha value is -2.83. The van der Waals surface area contributed by atoms with Crippen LogP contribution in [0.1, 0.15) is 121 Å². The zero-order chi connectivity index (χ0) is 26.2. The smallest absolute Gasteiger partial charge is 0.279 e. The predicted molar refractivity (Wildman–Crippen MR) is 146 cm³/mol. The molecule has 1 aromatic heterocycles. The first-order valence-electron chi connectivity index (χ1n) is 13.9. The summed E-state index contributed by atoms with van der Waals surface area (Å²) in [6, 6.07) is 6.93. The van der Waals surface area contributed by atoms with Crippen LogP contribution in [-0.2, 0) is 11.3 Å². The Bertz CT molecular complexity index is 1020. The number of hydrogen-bond donors (Lipinski definition) is 3. The fourth-order valence-corrected chi connectivity index (χ4v) is 4.59. The Morgan fingerprint density at radius 3 is 1.92 bits per heavy atom. The Morgan fingerprint density at radius 2 is 1.33 bits per heavy atom. The molecule has 7 nitrogen and oxygen atoms in total. The molecule has 3 N–H and O–H groups in total. The van der Waals surface area contributed by atoms with Crippen molar-refractivity contribution in [2.24, 2.45) is 0 Å². The summed E-state index contributed by atoms with van der Waals surface area (Å²) in [6.07, 6.45) is 17.0. The van der Waals surface area contributed by atoms with Crippen molar-refractivity contribution in [3.05, 3.63) is 40.2 Å². The predicted octanol–water partition coefficient (Wildman–Crippen LogP) is 6.36. The van der Waals surface area contributed by atoms with E-state index in [4.69, 9.17) is 0 Å². The summed E-state index contributed by atoms with van der Waals surface area (Å²) in [4.78, 5) is 37.8. The van der Waals surface area contributed by atoms with Gasteiger partial charge in [-0.25, -0.2) is 0 Å². The summed E-state index contributed by atoms with van der Waals surface area (Å²) in [5, 5.41) is 11.0. The highest BCUT2D eigenvalue weighted by Crippen LogP contribution is 2.26. The normalized spacial score (nSPS) is 11.1.